The average molecular weight is 145 g/mol. The van der Waals surface area contributed by atoms with Gasteiger partial charge in [0.2, 0.25) is 5.91 Å². The zero-order valence-electron chi connectivity index (χ0n) is 6.56. The third-order valence-corrected chi connectivity index (χ3v) is 3.73. The summed E-state index contributed by atoms with van der Waals surface area (Å²) in [6.07, 6.45) is 0. The minimum Gasteiger partial charge on any atom is -0.369 e. The van der Waals surface area contributed by atoms with Crippen molar-refractivity contribution in [1.29, 1.82) is 0 Å². The predicted molar refractivity (Wildman–Crippen MR) is 42.3 cm³/mol. The van der Waals surface area contributed by atoms with Crippen LogP contribution in [0.15, 0.2) is 0 Å². The van der Waals surface area contributed by atoms with E-state index in [2.05, 4.69) is 0 Å². The highest BCUT2D eigenvalue weighted by Crippen LogP contribution is 2.29. The first-order valence-electron chi connectivity index (χ1n) is 3.19. The van der Waals surface area contributed by atoms with Crippen molar-refractivity contribution in [1.82, 2.24) is 0 Å². The lowest BCUT2D eigenvalue weighted by molar-refractivity contribution is -0.121. The number of hydrogen-bond acceptors (Lipinski definition) is 1. The van der Waals surface area contributed by atoms with E-state index >= 15 is 0 Å². The number of hydrogen-bond donors (Lipinski definition) is 1. The van der Waals surface area contributed by atoms with Crippen molar-refractivity contribution in [2.45, 2.75) is 25.8 Å². The summed E-state index contributed by atoms with van der Waals surface area (Å²) >= 11 is 0. The molecule has 0 aliphatic heterocycles. The van der Waals surface area contributed by atoms with Gasteiger partial charge >= 0.3 is 0 Å². The first kappa shape index (κ1) is 8.69. The number of primary amides is 1. The van der Waals surface area contributed by atoms with Crippen LogP contribution in [-0.4, -0.2) is 16.1 Å². The number of rotatable bonds is 2. The molecule has 0 saturated heterocycles. The molecule has 1 atom stereocenters. The molecule has 1 amide bonds. The highest BCUT2D eigenvalue weighted by atomic mass is 28.1. The van der Waals surface area contributed by atoms with E-state index in [4.69, 9.17) is 5.73 Å². The topological polar surface area (TPSA) is 43.1 Å². The Labute approximate surface area is 59.2 Å². The van der Waals surface area contributed by atoms with Crippen LogP contribution in [0.3, 0.4) is 0 Å². The zero-order valence-corrected chi connectivity index (χ0v) is 8.56. The van der Waals surface area contributed by atoms with E-state index in [1.807, 2.05) is 20.8 Å². The smallest absolute Gasteiger partial charge is 0.219 e. The first-order valence-corrected chi connectivity index (χ1v) is 4.19. The van der Waals surface area contributed by atoms with Gasteiger partial charge in [0, 0.05) is 15.3 Å². The van der Waals surface area contributed by atoms with Crippen LogP contribution < -0.4 is 5.73 Å². The molecular weight excluding hydrogens is 130 g/mol. The van der Waals surface area contributed by atoms with Crippen LogP contribution in [0.2, 0.25) is 5.04 Å². The normalized spacial score (nSPS) is 17.8. The maximum absolute atomic E-state index is 10.7. The molecule has 0 fully saturated rings. The molecule has 0 bridgehead atoms. The first-order chi connectivity index (χ1) is 3.89. The van der Waals surface area contributed by atoms with Crippen molar-refractivity contribution in [2.75, 3.05) is 0 Å². The van der Waals surface area contributed by atoms with Crippen LogP contribution in [-0.2, 0) is 4.79 Å². The van der Waals surface area contributed by atoms with Crippen molar-refractivity contribution in [3.8, 4) is 0 Å². The molecule has 3 heteroatoms. The van der Waals surface area contributed by atoms with E-state index in [0.717, 1.165) is 10.2 Å². The fourth-order valence-corrected chi connectivity index (χ4v) is 0.285. The Kier molecular flexibility index (Phi) is 2.43. The van der Waals surface area contributed by atoms with Gasteiger partial charge in [-0.25, -0.2) is 0 Å². The van der Waals surface area contributed by atoms with E-state index in [9.17, 15) is 4.79 Å². The second-order valence-corrected chi connectivity index (χ2v) is 5.32. The summed E-state index contributed by atoms with van der Waals surface area (Å²) in [6.45, 7) is 5.97. The number of carbonyl (C=O) groups excluding carboxylic acids is 1. The SMILES string of the molecule is CC(C)C(C)([SiH3])C(N)=O. The predicted octanol–water partition coefficient (Wildman–Crippen LogP) is -0.328. The van der Waals surface area contributed by atoms with Crippen LogP contribution >= 0.6 is 0 Å². The van der Waals surface area contributed by atoms with Crippen LogP contribution in [0.5, 0.6) is 0 Å². The highest BCUT2D eigenvalue weighted by molar-refractivity contribution is 6.27. The van der Waals surface area contributed by atoms with Crippen molar-refractivity contribution < 1.29 is 4.79 Å². The Morgan fingerprint density at radius 1 is 1.67 bits per heavy atom. The molecule has 0 rings (SSSR count). The monoisotopic (exact) mass is 145 g/mol. The highest BCUT2D eigenvalue weighted by Gasteiger charge is 2.28. The van der Waals surface area contributed by atoms with E-state index in [1.54, 1.807) is 0 Å². The Hall–Kier alpha value is -0.313. The summed E-state index contributed by atoms with van der Waals surface area (Å²) in [5.41, 5.74) is 5.17. The molecule has 0 radical (unpaired) electrons. The van der Waals surface area contributed by atoms with E-state index in [-0.39, 0.29) is 10.9 Å². The fraction of sp³-hybridized carbons (Fsp3) is 0.833. The fourth-order valence-electron chi connectivity index (χ4n) is 0.285. The second kappa shape index (κ2) is 2.52. The average Bonchev–Trinajstić information content (AvgIpc) is 1.65. The van der Waals surface area contributed by atoms with Crippen LogP contribution in [0, 0.1) is 5.92 Å². The quantitative estimate of drug-likeness (QED) is 0.531. The van der Waals surface area contributed by atoms with Gasteiger partial charge in [-0.15, -0.1) is 0 Å². The Balaban J connectivity index is 4.19. The lowest BCUT2D eigenvalue weighted by Crippen LogP contribution is -2.32. The van der Waals surface area contributed by atoms with Gasteiger partial charge in [-0.3, -0.25) is 4.79 Å². The third kappa shape index (κ3) is 1.82. The number of amides is 1. The molecule has 2 N–H and O–H groups in total. The van der Waals surface area contributed by atoms with Gasteiger partial charge in [0.1, 0.15) is 0 Å². The van der Waals surface area contributed by atoms with Crippen LogP contribution in [0.25, 0.3) is 0 Å². The summed E-state index contributed by atoms with van der Waals surface area (Å²) < 4.78 is 0. The molecule has 0 spiro atoms. The van der Waals surface area contributed by atoms with Crippen LogP contribution in [0.4, 0.5) is 0 Å². The maximum Gasteiger partial charge on any atom is 0.219 e. The van der Waals surface area contributed by atoms with Gasteiger partial charge in [0.25, 0.3) is 0 Å². The molecule has 0 aliphatic rings. The molecule has 0 heterocycles. The van der Waals surface area contributed by atoms with Gasteiger partial charge in [0.05, 0.1) is 0 Å². The minimum atomic E-state index is -0.222. The summed E-state index contributed by atoms with van der Waals surface area (Å²) in [7, 11) is 0.843. The third-order valence-electron chi connectivity index (χ3n) is 2.08. The van der Waals surface area contributed by atoms with E-state index in [0.29, 0.717) is 5.92 Å². The van der Waals surface area contributed by atoms with Crippen LogP contribution in [0.1, 0.15) is 20.8 Å². The molecule has 0 aliphatic carbocycles. The molecule has 0 aromatic rings. The molecule has 1 unspecified atom stereocenters. The summed E-state index contributed by atoms with van der Waals surface area (Å²) in [5.74, 6) is 0.214. The Bertz CT molecular complexity index is 120. The van der Waals surface area contributed by atoms with Crippen molar-refractivity contribution in [2.24, 2.45) is 11.7 Å². The van der Waals surface area contributed by atoms with Crippen molar-refractivity contribution >= 4 is 16.1 Å². The molecule has 0 aromatic heterocycles. The lowest BCUT2D eigenvalue weighted by Gasteiger charge is -2.24. The van der Waals surface area contributed by atoms with Crippen molar-refractivity contribution in [3.63, 3.8) is 0 Å². The molecule has 54 valence electrons. The minimum absolute atomic E-state index is 0.163. The van der Waals surface area contributed by atoms with E-state index < -0.39 is 0 Å². The van der Waals surface area contributed by atoms with Crippen molar-refractivity contribution in [3.05, 3.63) is 0 Å². The summed E-state index contributed by atoms with van der Waals surface area (Å²) in [4.78, 5) is 10.7. The Morgan fingerprint density at radius 3 is 2.00 bits per heavy atom. The standard InChI is InChI=1S/C6H15NOSi/c1-4(2)6(3,9)5(7)8/h4H,1-3,9H3,(H2,7,8). The zero-order chi connectivity index (χ0) is 7.65. The Morgan fingerprint density at radius 2 is 2.00 bits per heavy atom. The molecule has 0 saturated carbocycles. The van der Waals surface area contributed by atoms with Gasteiger partial charge < -0.3 is 5.73 Å². The molecule has 0 aromatic carbocycles. The lowest BCUT2D eigenvalue weighted by atomic mass is 9.96. The molecule has 9 heavy (non-hydrogen) atoms. The van der Waals surface area contributed by atoms with Gasteiger partial charge in [-0.05, 0) is 5.92 Å². The molecule has 2 nitrogen and oxygen atoms in total. The summed E-state index contributed by atoms with van der Waals surface area (Å²) in [5, 5.41) is -0.222. The van der Waals surface area contributed by atoms with E-state index in [1.165, 1.54) is 0 Å². The molecular formula is C6H15NOSi. The van der Waals surface area contributed by atoms with Gasteiger partial charge in [-0.2, -0.15) is 0 Å². The number of nitrogens with two attached hydrogens (primary N) is 1. The van der Waals surface area contributed by atoms with Gasteiger partial charge in [0.15, 0.2) is 0 Å². The number of carbonyl (C=O) groups is 1. The largest absolute Gasteiger partial charge is 0.369 e. The van der Waals surface area contributed by atoms with Gasteiger partial charge in [-0.1, -0.05) is 20.8 Å². The summed E-state index contributed by atoms with van der Waals surface area (Å²) in [6, 6.07) is 0. The second-order valence-electron chi connectivity index (χ2n) is 3.24. The maximum atomic E-state index is 10.7.